The Balaban J connectivity index is 1.27. The first-order chi connectivity index (χ1) is 15.1. The standard InChI is InChI=1S/C22H25N7O2/c1-27-19-12-18(16-9-10-16)25-29(19)11-5-8-17(22(27)31)24-21(30)20-23-14-28(26-20)13-15-6-3-2-4-7-15/h2-4,6-7,12,14,16-17H,5,8-11,13H2,1H3,(H,24,30). The summed E-state index contributed by atoms with van der Waals surface area (Å²) in [5.41, 5.74) is 2.13. The largest absolute Gasteiger partial charge is 0.337 e. The zero-order valence-corrected chi connectivity index (χ0v) is 17.4. The first-order valence-corrected chi connectivity index (χ1v) is 10.7. The number of nitrogens with zero attached hydrogens (tertiary/aromatic N) is 6. The third kappa shape index (κ3) is 4.08. The van der Waals surface area contributed by atoms with E-state index in [0.717, 1.165) is 42.9 Å². The van der Waals surface area contributed by atoms with Gasteiger partial charge in [0.1, 0.15) is 18.2 Å². The molecule has 9 heteroatoms. The lowest BCUT2D eigenvalue weighted by Crippen LogP contribution is -2.49. The molecule has 0 spiro atoms. The van der Waals surface area contributed by atoms with E-state index in [1.807, 2.05) is 41.1 Å². The van der Waals surface area contributed by atoms with Crippen LogP contribution in [0.5, 0.6) is 0 Å². The lowest BCUT2D eigenvalue weighted by Gasteiger charge is -2.27. The maximum atomic E-state index is 13.1. The Labute approximate surface area is 180 Å². The number of likely N-dealkylation sites (N-methyl/N-ethyl adjacent to an activating group) is 1. The van der Waals surface area contributed by atoms with Gasteiger partial charge in [-0.15, -0.1) is 5.10 Å². The number of fused-ring (bicyclic) bond motifs is 1. The summed E-state index contributed by atoms with van der Waals surface area (Å²) in [5, 5.41) is 11.8. The van der Waals surface area contributed by atoms with Crippen molar-refractivity contribution in [1.29, 1.82) is 0 Å². The van der Waals surface area contributed by atoms with Crippen LogP contribution >= 0.6 is 0 Å². The van der Waals surface area contributed by atoms with E-state index in [9.17, 15) is 9.59 Å². The number of carbonyl (C=O) groups is 2. The molecular weight excluding hydrogens is 394 g/mol. The number of hydrogen-bond donors (Lipinski definition) is 1. The molecule has 3 aromatic rings. The van der Waals surface area contributed by atoms with Crippen LogP contribution in [-0.2, 0) is 17.9 Å². The number of nitrogens with one attached hydrogen (secondary N) is 1. The predicted octanol–water partition coefficient (Wildman–Crippen LogP) is 1.96. The normalized spacial score (nSPS) is 18.9. The van der Waals surface area contributed by atoms with Crippen molar-refractivity contribution in [2.24, 2.45) is 0 Å². The number of aromatic nitrogens is 5. The summed E-state index contributed by atoms with van der Waals surface area (Å²) in [6.45, 7) is 1.25. The van der Waals surface area contributed by atoms with Gasteiger partial charge in [0.2, 0.25) is 11.7 Å². The van der Waals surface area contributed by atoms with E-state index in [-0.39, 0.29) is 11.7 Å². The monoisotopic (exact) mass is 419 g/mol. The van der Waals surface area contributed by atoms with E-state index >= 15 is 0 Å². The Morgan fingerprint density at radius 3 is 2.74 bits per heavy atom. The van der Waals surface area contributed by atoms with Gasteiger partial charge in [0, 0.05) is 25.6 Å². The first kappa shape index (κ1) is 19.5. The topological polar surface area (TPSA) is 97.9 Å². The fourth-order valence-corrected chi connectivity index (χ4v) is 3.96. The van der Waals surface area contributed by atoms with Crippen LogP contribution in [0.1, 0.15) is 53.5 Å². The van der Waals surface area contributed by atoms with Crippen molar-refractivity contribution in [1.82, 2.24) is 29.9 Å². The van der Waals surface area contributed by atoms with E-state index in [2.05, 4.69) is 20.5 Å². The highest BCUT2D eigenvalue weighted by molar-refractivity contribution is 6.00. The Hall–Kier alpha value is -3.49. The van der Waals surface area contributed by atoms with E-state index < -0.39 is 11.9 Å². The number of amides is 2. The van der Waals surface area contributed by atoms with E-state index in [1.165, 1.54) is 6.33 Å². The molecule has 31 heavy (non-hydrogen) atoms. The molecule has 0 radical (unpaired) electrons. The highest BCUT2D eigenvalue weighted by Crippen LogP contribution is 2.40. The van der Waals surface area contributed by atoms with Gasteiger partial charge in [0.05, 0.1) is 12.2 Å². The van der Waals surface area contributed by atoms with Gasteiger partial charge in [0.15, 0.2) is 0 Å². The third-order valence-electron chi connectivity index (χ3n) is 5.84. The summed E-state index contributed by atoms with van der Waals surface area (Å²) in [5.74, 6) is 0.786. The van der Waals surface area contributed by atoms with Crippen molar-refractivity contribution in [3.05, 3.63) is 59.8 Å². The summed E-state index contributed by atoms with van der Waals surface area (Å²) >= 11 is 0. The Bertz CT molecular complexity index is 1100. The van der Waals surface area contributed by atoms with Gasteiger partial charge in [-0.05, 0) is 31.2 Å². The fraction of sp³-hybridized carbons (Fsp3) is 0.409. The minimum absolute atomic E-state index is 0.0644. The predicted molar refractivity (Wildman–Crippen MR) is 114 cm³/mol. The van der Waals surface area contributed by atoms with Gasteiger partial charge in [-0.1, -0.05) is 30.3 Å². The second kappa shape index (κ2) is 7.98. The van der Waals surface area contributed by atoms with Gasteiger partial charge in [-0.25, -0.2) is 14.3 Å². The maximum Gasteiger partial charge on any atom is 0.291 e. The molecule has 1 N–H and O–H groups in total. The average molecular weight is 419 g/mol. The lowest BCUT2D eigenvalue weighted by molar-refractivity contribution is -0.120. The first-order valence-electron chi connectivity index (χ1n) is 10.7. The number of benzene rings is 1. The smallest absolute Gasteiger partial charge is 0.291 e. The third-order valence-corrected chi connectivity index (χ3v) is 5.84. The molecule has 1 aliphatic carbocycles. The van der Waals surface area contributed by atoms with Crippen molar-refractivity contribution >= 4 is 17.6 Å². The molecule has 2 aliphatic rings. The minimum Gasteiger partial charge on any atom is -0.337 e. The van der Waals surface area contributed by atoms with E-state index in [4.69, 9.17) is 0 Å². The van der Waals surface area contributed by atoms with Crippen LogP contribution in [0.25, 0.3) is 0 Å². The number of carbonyl (C=O) groups excluding carboxylic acids is 2. The van der Waals surface area contributed by atoms with Crippen LogP contribution in [0.4, 0.5) is 5.82 Å². The number of rotatable bonds is 5. The van der Waals surface area contributed by atoms with Gasteiger partial charge in [-0.3, -0.25) is 14.5 Å². The van der Waals surface area contributed by atoms with E-state index in [1.54, 1.807) is 16.6 Å². The number of anilines is 1. The summed E-state index contributed by atoms with van der Waals surface area (Å²) in [4.78, 5) is 31.6. The van der Waals surface area contributed by atoms with Crippen molar-refractivity contribution in [3.63, 3.8) is 0 Å². The second-order valence-corrected chi connectivity index (χ2v) is 8.24. The summed E-state index contributed by atoms with van der Waals surface area (Å²) in [6.07, 6.45) is 5.15. The quantitative estimate of drug-likeness (QED) is 0.682. The van der Waals surface area contributed by atoms with Crippen LogP contribution in [0, 0.1) is 0 Å². The minimum atomic E-state index is -0.619. The summed E-state index contributed by atoms with van der Waals surface area (Å²) < 4.78 is 3.53. The Morgan fingerprint density at radius 1 is 1.16 bits per heavy atom. The van der Waals surface area contributed by atoms with Gasteiger partial charge in [-0.2, -0.15) is 5.10 Å². The molecule has 2 amide bonds. The molecule has 0 saturated heterocycles. The van der Waals surface area contributed by atoms with Crippen LogP contribution in [0.3, 0.4) is 0 Å². The molecule has 1 atom stereocenters. The fourth-order valence-electron chi connectivity index (χ4n) is 3.96. The molecule has 0 bridgehead atoms. The summed E-state index contributed by atoms with van der Waals surface area (Å²) in [7, 11) is 1.74. The number of hydrogen-bond acceptors (Lipinski definition) is 5. The molecule has 1 saturated carbocycles. The average Bonchev–Trinajstić information content (AvgIpc) is 3.38. The molecule has 9 nitrogen and oxygen atoms in total. The Kier molecular flexibility index (Phi) is 5.01. The lowest BCUT2D eigenvalue weighted by atomic mass is 10.1. The van der Waals surface area contributed by atoms with Crippen LogP contribution in [0.2, 0.25) is 0 Å². The molecule has 2 aromatic heterocycles. The highest BCUT2D eigenvalue weighted by atomic mass is 16.2. The van der Waals surface area contributed by atoms with Crippen molar-refractivity contribution in [2.75, 3.05) is 11.9 Å². The highest BCUT2D eigenvalue weighted by Gasteiger charge is 2.32. The van der Waals surface area contributed by atoms with Crippen molar-refractivity contribution < 1.29 is 9.59 Å². The van der Waals surface area contributed by atoms with Crippen molar-refractivity contribution in [3.8, 4) is 0 Å². The molecule has 5 rings (SSSR count). The SMILES string of the molecule is CN1C(=O)C(NC(=O)c2ncn(Cc3ccccc3)n2)CCCn2nc(C3CC3)cc21. The van der Waals surface area contributed by atoms with Gasteiger partial charge < -0.3 is 5.32 Å². The maximum absolute atomic E-state index is 13.1. The zero-order chi connectivity index (χ0) is 21.4. The second-order valence-electron chi connectivity index (χ2n) is 8.24. The molecular formula is C22H25N7O2. The molecule has 3 heterocycles. The number of aryl methyl sites for hydroxylation is 1. The molecule has 160 valence electrons. The van der Waals surface area contributed by atoms with Gasteiger partial charge in [0.25, 0.3) is 5.91 Å². The van der Waals surface area contributed by atoms with Crippen LogP contribution < -0.4 is 10.2 Å². The molecule has 1 unspecified atom stereocenters. The molecule has 1 fully saturated rings. The zero-order valence-electron chi connectivity index (χ0n) is 17.4. The Morgan fingerprint density at radius 2 is 1.97 bits per heavy atom. The van der Waals surface area contributed by atoms with Crippen LogP contribution in [-0.4, -0.2) is 49.4 Å². The molecule has 1 aliphatic heterocycles. The van der Waals surface area contributed by atoms with Crippen molar-refractivity contribution in [2.45, 2.75) is 50.7 Å². The molecule has 1 aromatic carbocycles. The van der Waals surface area contributed by atoms with Crippen LogP contribution in [0.15, 0.2) is 42.7 Å². The van der Waals surface area contributed by atoms with E-state index in [0.29, 0.717) is 18.9 Å². The summed E-state index contributed by atoms with van der Waals surface area (Å²) in [6, 6.07) is 11.2. The van der Waals surface area contributed by atoms with Gasteiger partial charge >= 0.3 is 0 Å².